The standard InChI is InChI=1S/C6H9N2OS2.C2H6/c1-3-8-5(9)4(7)11-6(8)10-2;1-2/h7H,3H2,1-2H3;1-2H3/q+1;. The highest BCUT2D eigenvalue weighted by Crippen LogP contribution is 2.22. The van der Waals surface area contributed by atoms with E-state index in [4.69, 9.17) is 5.41 Å². The summed E-state index contributed by atoms with van der Waals surface area (Å²) in [6.07, 6.45) is 1.91. The van der Waals surface area contributed by atoms with E-state index >= 15 is 0 Å². The van der Waals surface area contributed by atoms with Crippen LogP contribution in [-0.2, 0) is 4.79 Å². The van der Waals surface area contributed by atoms with E-state index in [9.17, 15) is 4.79 Å². The summed E-state index contributed by atoms with van der Waals surface area (Å²) in [7, 11) is 0. The largest absolute Gasteiger partial charge is 0.445 e. The van der Waals surface area contributed by atoms with Gasteiger partial charge in [-0.25, -0.2) is 4.79 Å². The molecule has 3 nitrogen and oxygen atoms in total. The van der Waals surface area contributed by atoms with E-state index < -0.39 is 0 Å². The van der Waals surface area contributed by atoms with Gasteiger partial charge >= 0.3 is 5.91 Å². The zero-order valence-corrected chi connectivity index (χ0v) is 10.0. The summed E-state index contributed by atoms with van der Waals surface area (Å²) in [5, 5.41) is 7.40. The van der Waals surface area contributed by atoms with Crippen molar-refractivity contribution in [1.29, 1.82) is 5.41 Å². The van der Waals surface area contributed by atoms with E-state index in [2.05, 4.69) is 0 Å². The minimum absolute atomic E-state index is 0.135. The van der Waals surface area contributed by atoms with Crippen molar-refractivity contribution in [3.63, 3.8) is 0 Å². The molecule has 13 heavy (non-hydrogen) atoms. The summed E-state index contributed by atoms with van der Waals surface area (Å²) in [5.41, 5.74) is 0. The molecule has 0 atom stereocenters. The topological polar surface area (TPSA) is 43.9 Å². The quantitative estimate of drug-likeness (QED) is 0.686. The molecule has 0 aromatic heterocycles. The monoisotopic (exact) mass is 219 g/mol. The number of rotatable bonds is 1. The van der Waals surface area contributed by atoms with Gasteiger partial charge in [-0.2, -0.15) is 0 Å². The first-order chi connectivity index (χ1) is 6.20. The van der Waals surface area contributed by atoms with Gasteiger partial charge < -0.3 is 0 Å². The van der Waals surface area contributed by atoms with Crippen LogP contribution in [0.15, 0.2) is 0 Å². The van der Waals surface area contributed by atoms with E-state index in [0.717, 1.165) is 4.38 Å². The molecule has 1 aliphatic heterocycles. The maximum Gasteiger partial charge on any atom is 0.445 e. The van der Waals surface area contributed by atoms with Crippen LogP contribution in [0.3, 0.4) is 0 Å². The van der Waals surface area contributed by atoms with Gasteiger partial charge in [0.05, 0.1) is 0 Å². The predicted octanol–water partition coefficient (Wildman–Crippen LogP) is 2.01. The minimum Gasteiger partial charge on any atom is -0.284 e. The lowest BCUT2D eigenvalue weighted by atomic mass is 10.6. The zero-order valence-electron chi connectivity index (χ0n) is 8.38. The fourth-order valence-electron chi connectivity index (χ4n) is 0.816. The molecular weight excluding hydrogens is 204 g/mol. The van der Waals surface area contributed by atoms with Gasteiger partial charge in [0, 0.05) is 11.8 Å². The van der Waals surface area contributed by atoms with Gasteiger partial charge in [-0.1, -0.05) is 25.6 Å². The molecule has 0 bridgehead atoms. The number of hydrogen-bond acceptors (Lipinski definition) is 4. The van der Waals surface area contributed by atoms with Crippen LogP contribution in [0.1, 0.15) is 20.8 Å². The van der Waals surface area contributed by atoms with Crippen molar-refractivity contribution in [2.75, 3.05) is 12.8 Å². The average Bonchev–Trinajstić information content (AvgIpc) is 2.46. The highest BCUT2D eigenvalue weighted by molar-refractivity contribution is 8.45. The van der Waals surface area contributed by atoms with Gasteiger partial charge in [-0.05, 0) is 13.2 Å². The van der Waals surface area contributed by atoms with Crippen LogP contribution in [-0.4, -0.2) is 32.7 Å². The summed E-state index contributed by atoms with van der Waals surface area (Å²) >= 11 is 2.76. The van der Waals surface area contributed by atoms with Gasteiger partial charge in [0.25, 0.3) is 4.38 Å². The number of thioether (sulfide) groups is 2. The Bertz CT molecular complexity index is 249. The van der Waals surface area contributed by atoms with Crippen LogP contribution >= 0.6 is 23.5 Å². The molecule has 0 fully saturated rings. The molecule has 1 rings (SSSR count). The molecule has 0 saturated heterocycles. The summed E-state index contributed by atoms with van der Waals surface area (Å²) in [4.78, 5) is 11.2. The summed E-state index contributed by atoms with van der Waals surface area (Å²) in [6, 6.07) is 0. The number of nitrogens with zero attached hydrogens (tertiary/aromatic N) is 1. The zero-order chi connectivity index (χ0) is 10.4. The Labute approximate surface area is 87.5 Å². The van der Waals surface area contributed by atoms with Crippen molar-refractivity contribution in [3.05, 3.63) is 0 Å². The lowest BCUT2D eigenvalue weighted by Gasteiger charge is -1.88. The predicted molar refractivity (Wildman–Crippen MR) is 61.0 cm³/mol. The van der Waals surface area contributed by atoms with Crippen LogP contribution in [0.2, 0.25) is 0 Å². The molecule has 1 heterocycles. The van der Waals surface area contributed by atoms with Crippen LogP contribution in [0, 0.1) is 5.41 Å². The van der Waals surface area contributed by atoms with Gasteiger partial charge in [0.2, 0.25) is 5.04 Å². The van der Waals surface area contributed by atoms with Crippen molar-refractivity contribution >= 4 is 38.9 Å². The highest BCUT2D eigenvalue weighted by Gasteiger charge is 2.36. The van der Waals surface area contributed by atoms with Crippen molar-refractivity contribution in [2.45, 2.75) is 20.8 Å². The lowest BCUT2D eigenvalue weighted by molar-refractivity contribution is -0.430. The Hall–Kier alpha value is -0.290. The van der Waals surface area contributed by atoms with Gasteiger partial charge in [-0.15, -0.1) is 4.58 Å². The average molecular weight is 219 g/mol. The van der Waals surface area contributed by atoms with Crippen LogP contribution in [0.4, 0.5) is 0 Å². The van der Waals surface area contributed by atoms with Crippen molar-refractivity contribution in [2.24, 2.45) is 0 Å². The molecule has 0 spiro atoms. The third-order valence-corrected chi connectivity index (χ3v) is 3.43. The fraction of sp³-hybridized carbons (Fsp3) is 0.625. The molecule has 0 aliphatic carbocycles. The normalized spacial score (nSPS) is 16.0. The Kier molecular flexibility index (Phi) is 6.07. The Morgan fingerprint density at radius 2 is 2.08 bits per heavy atom. The summed E-state index contributed by atoms with van der Waals surface area (Å²) in [5.74, 6) is -0.165. The first-order valence-electron chi connectivity index (χ1n) is 4.20. The molecular formula is C8H15N2OS2+. The SMILES string of the molecule is CC.CC[N+]1=C(SC)SC(=N)C1=O. The van der Waals surface area contributed by atoms with Crippen LogP contribution in [0.25, 0.3) is 0 Å². The number of carbonyl (C=O) groups is 1. The highest BCUT2D eigenvalue weighted by atomic mass is 32.2. The van der Waals surface area contributed by atoms with Gasteiger partial charge in [0.1, 0.15) is 0 Å². The summed E-state index contributed by atoms with van der Waals surface area (Å²) in [6.45, 7) is 6.57. The third-order valence-electron chi connectivity index (χ3n) is 1.34. The maximum absolute atomic E-state index is 11.2. The number of amides is 1. The van der Waals surface area contributed by atoms with E-state index in [0.29, 0.717) is 6.54 Å². The van der Waals surface area contributed by atoms with Crippen LogP contribution < -0.4 is 0 Å². The summed E-state index contributed by atoms with van der Waals surface area (Å²) < 4.78 is 2.54. The first-order valence-corrected chi connectivity index (χ1v) is 6.24. The number of nitrogens with one attached hydrogen (secondary N) is 1. The maximum atomic E-state index is 11.2. The third kappa shape index (κ3) is 2.84. The molecule has 0 aromatic carbocycles. The van der Waals surface area contributed by atoms with E-state index in [1.165, 1.54) is 23.5 Å². The minimum atomic E-state index is -0.165. The van der Waals surface area contributed by atoms with E-state index in [1.54, 1.807) is 4.58 Å². The molecule has 0 radical (unpaired) electrons. The van der Waals surface area contributed by atoms with Crippen molar-refractivity contribution in [1.82, 2.24) is 0 Å². The van der Waals surface area contributed by atoms with E-state index in [1.807, 2.05) is 27.0 Å². The second kappa shape index (κ2) is 6.21. The first kappa shape index (κ1) is 12.7. The Morgan fingerprint density at radius 3 is 2.38 bits per heavy atom. The fourth-order valence-corrected chi connectivity index (χ4v) is 2.53. The molecule has 5 heteroatoms. The van der Waals surface area contributed by atoms with Gasteiger partial charge in [-0.3, -0.25) is 5.41 Å². The molecule has 0 aromatic rings. The number of carbonyl (C=O) groups excluding carboxylic acids is 1. The molecule has 0 unspecified atom stereocenters. The second-order valence-electron chi connectivity index (χ2n) is 1.95. The molecule has 0 saturated carbocycles. The molecule has 1 amide bonds. The second-order valence-corrected chi connectivity index (χ2v) is 4.00. The smallest absolute Gasteiger partial charge is 0.284 e. The molecule has 1 aliphatic rings. The van der Waals surface area contributed by atoms with Crippen LogP contribution in [0.5, 0.6) is 0 Å². The lowest BCUT2D eigenvalue weighted by Crippen LogP contribution is -2.21. The Morgan fingerprint density at radius 1 is 1.54 bits per heavy atom. The van der Waals surface area contributed by atoms with Crippen molar-refractivity contribution < 1.29 is 9.37 Å². The molecule has 1 N–H and O–H groups in total. The Balaban J connectivity index is 0.000000671. The van der Waals surface area contributed by atoms with E-state index in [-0.39, 0.29) is 11.0 Å². The number of hydrogen-bond donors (Lipinski definition) is 1. The molecule has 74 valence electrons. The van der Waals surface area contributed by atoms with Gasteiger partial charge in [0.15, 0.2) is 6.54 Å². The van der Waals surface area contributed by atoms with Crippen molar-refractivity contribution in [3.8, 4) is 0 Å².